The molecule has 0 atom stereocenters. The van der Waals surface area contributed by atoms with E-state index >= 15 is 0 Å². The van der Waals surface area contributed by atoms with E-state index in [0.717, 1.165) is 4.90 Å². The lowest BCUT2D eigenvalue weighted by atomic mass is 10.1. The first-order valence-corrected chi connectivity index (χ1v) is 11.1. The Labute approximate surface area is 206 Å². The summed E-state index contributed by atoms with van der Waals surface area (Å²) in [5, 5.41) is 2.61. The van der Waals surface area contributed by atoms with E-state index in [9.17, 15) is 24.0 Å². The van der Waals surface area contributed by atoms with E-state index in [0.29, 0.717) is 29.3 Å². The summed E-state index contributed by atoms with van der Waals surface area (Å²) in [6, 6.07) is 16.7. The first kappa shape index (κ1) is 24.3. The number of ether oxygens (including phenoxy) is 2. The maximum Gasteiger partial charge on any atom is 0.338 e. The molecule has 0 saturated carbocycles. The first-order valence-electron chi connectivity index (χ1n) is 11.1. The number of nitrogens with zero attached hydrogens (tertiary/aromatic N) is 1. The van der Waals surface area contributed by atoms with Crippen molar-refractivity contribution in [2.75, 3.05) is 23.4 Å². The Morgan fingerprint density at radius 2 is 1.47 bits per heavy atom. The van der Waals surface area contributed by atoms with Crippen molar-refractivity contribution in [3.63, 3.8) is 0 Å². The number of carbonyl (C=O) groups is 5. The highest BCUT2D eigenvalue weighted by molar-refractivity contribution is 6.34. The van der Waals surface area contributed by atoms with Crippen molar-refractivity contribution in [2.24, 2.45) is 0 Å². The van der Waals surface area contributed by atoms with Crippen LogP contribution < -0.4 is 15.0 Å². The van der Waals surface area contributed by atoms with E-state index in [2.05, 4.69) is 5.32 Å². The van der Waals surface area contributed by atoms with Crippen LogP contribution in [0, 0.1) is 0 Å². The van der Waals surface area contributed by atoms with Gasteiger partial charge in [-0.05, 0) is 73.7 Å². The molecule has 1 aliphatic rings. The van der Waals surface area contributed by atoms with E-state index in [1.807, 2.05) is 6.92 Å². The average molecular weight is 486 g/mol. The zero-order chi connectivity index (χ0) is 25.8. The smallest absolute Gasteiger partial charge is 0.338 e. The number of hydrogen-bond acceptors (Lipinski definition) is 7. The number of nitrogens with one attached hydrogen (secondary N) is 1. The lowest BCUT2D eigenvalue weighted by molar-refractivity contribution is -0.114. The molecule has 3 amide bonds. The molecule has 182 valence electrons. The summed E-state index contributed by atoms with van der Waals surface area (Å²) in [7, 11) is 0. The highest BCUT2D eigenvalue weighted by Crippen LogP contribution is 2.30. The predicted molar refractivity (Wildman–Crippen MR) is 131 cm³/mol. The minimum atomic E-state index is -0.796. The van der Waals surface area contributed by atoms with Crippen LogP contribution in [0.5, 0.6) is 5.75 Å². The fourth-order valence-corrected chi connectivity index (χ4v) is 3.70. The Balaban J connectivity index is 1.44. The standard InChI is InChI=1S/C27H22N2O7/c1-3-35-21-11-4-17(5-12-21)24(31)15-36-27(34)18-6-13-22-23(14-18)26(33)29(25(22)32)20-9-7-19(8-10-20)28-16(2)30/h4-14H,3,15H2,1-2H3,(H,28,30). The van der Waals surface area contributed by atoms with Gasteiger partial charge in [-0.25, -0.2) is 9.69 Å². The zero-order valence-electron chi connectivity index (χ0n) is 19.6. The van der Waals surface area contributed by atoms with Crippen LogP contribution in [0.3, 0.4) is 0 Å². The molecule has 0 unspecified atom stereocenters. The second-order valence-electron chi connectivity index (χ2n) is 7.89. The number of hydrogen-bond donors (Lipinski definition) is 1. The summed E-state index contributed by atoms with van der Waals surface area (Å²) in [6.45, 7) is 3.24. The summed E-state index contributed by atoms with van der Waals surface area (Å²) in [4.78, 5) is 62.9. The number of anilines is 2. The van der Waals surface area contributed by atoms with Crippen molar-refractivity contribution in [2.45, 2.75) is 13.8 Å². The fourth-order valence-electron chi connectivity index (χ4n) is 3.70. The second kappa shape index (κ2) is 10.2. The van der Waals surface area contributed by atoms with Crippen LogP contribution >= 0.6 is 0 Å². The molecule has 0 saturated heterocycles. The number of ketones is 1. The van der Waals surface area contributed by atoms with Crippen LogP contribution in [0.1, 0.15) is 55.3 Å². The first-order chi connectivity index (χ1) is 17.3. The van der Waals surface area contributed by atoms with E-state index in [1.165, 1.54) is 37.3 Å². The molecule has 0 radical (unpaired) electrons. The lowest BCUT2D eigenvalue weighted by Crippen LogP contribution is -2.29. The van der Waals surface area contributed by atoms with Gasteiger partial charge in [-0.2, -0.15) is 0 Å². The zero-order valence-corrected chi connectivity index (χ0v) is 19.6. The minimum Gasteiger partial charge on any atom is -0.494 e. The third-order valence-corrected chi connectivity index (χ3v) is 5.39. The van der Waals surface area contributed by atoms with Crippen molar-refractivity contribution in [3.8, 4) is 5.75 Å². The molecule has 9 nitrogen and oxygen atoms in total. The van der Waals surface area contributed by atoms with Gasteiger partial charge < -0.3 is 14.8 Å². The van der Waals surface area contributed by atoms with Crippen LogP contribution in [0.15, 0.2) is 66.7 Å². The molecule has 1 N–H and O–H groups in total. The molecule has 1 aliphatic heterocycles. The molecule has 3 aromatic rings. The van der Waals surface area contributed by atoms with Gasteiger partial charge in [0.1, 0.15) is 5.75 Å². The van der Waals surface area contributed by atoms with Crippen LogP contribution in [0.4, 0.5) is 11.4 Å². The number of benzene rings is 3. The molecular weight excluding hydrogens is 464 g/mol. The van der Waals surface area contributed by atoms with E-state index < -0.39 is 30.2 Å². The number of rotatable bonds is 8. The topological polar surface area (TPSA) is 119 Å². The fraction of sp³-hybridized carbons (Fsp3) is 0.148. The van der Waals surface area contributed by atoms with Gasteiger partial charge in [-0.1, -0.05) is 0 Å². The molecule has 0 bridgehead atoms. The largest absolute Gasteiger partial charge is 0.494 e. The third-order valence-electron chi connectivity index (χ3n) is 5.39. The summed E-state index contributed by atoms with van der Waals surface area (Å²) in [6.07, 6.45) is 0. The van der Waals surface area contributed by atoms with Crippen LogP contribution in [0.25, 0.3) is 0 Å². The third kappa shape index (κ3) is 5.00. The van der Waals surface area contributed by atoms with Crippen molar-refractivity contribution in [3.05, 3.63) is 89.0 Å². The van der Waals surface area contributed by atoms with Gasteiger partial charge in [-0.15, -0.1) is 0 Å². The normalized spacial score (nSPS) is 12.2. The molecule has 0 fully saturated rings. The molecule has 4 rings (SSSR count). The number of Topliss-reactive ketones (excluding diaryl/α,β-unsaturated/α-hetero) is 1. The van der Waals surface area contributed by atoms with Gasteiger partial charge in [0.2, 0.25) is 5.91 Å². The highest BCUT2D eigenvalue weighted by Gasteiger charge is 2.37. The quantitative estimate of drug-likeness (QED) is 0.291. The van der Waals surface area contributed by atoms with Crippen molar-refractivity contribution in [1.82, 2.24) is 0 Å². The number of carbonyl (C=O) groups excluding carboxylic acids is 5. The van der Waals surface area contributed by atoms with E-state index in [-0.39, 0.29) is 22.6 Å². The maximum absolute atomic E-state index is 13.0. The van der Waals surface area contributed by atoms with Gasteiger partial charge >= 0.3 is 5.97 Å². The van der Waals surface area contributed by atoms with Crippen LogP contribution in [-0.2, 0) is 9.53 Å². The number of fused-ring (bicyclic) bond motifs is 1. The minimum absolute atomic E-state index is 0.0391. The highest BCUT2D eigenvalue weighted by atomic mass is 16.5. The van der Waals surface area contributed by atoms with Crippen molar-refractivity contribution in [1.29, 1.82) is 0 Å². The Morgan fingerprint density at radius 1 is 0.833 bits per heavy atom. The van der Waals surface area contributed by atoms with Crippen molar-refractivity contribution < 1.29 is 33.4 Å². The molecule has 1 heterocycles. The van der Waals surface area contributed by atoms with Gasteiger partial charge in [0, 0.05) is 18.2 Å². The number of amides is 3. The van der Waals surface area contributed by atoms with Crippen molar-refractivity contribution >= 4 is 40.8 Å². The molecule has 0 spiro atoms. The second-order valence-corrected chi connectivity index (χ2v) is 7.89. The Bertz CT molecular complexity index is 1360. The summed E-state index contributed by atoms with van der Waals surface area (Å²) in [5.41, 5.74) is 1.44. The van der Waals surface area contributed by atoms with Gasteiger partial charge in [0.05, 0.1) is 29.0 Å². The van der Waals surface area contributed by atoms with Gasteiger partial charge in [0.25, 0.3) is 11.8 Å². The molecule has 9 heteroatoms. The Hall–Kier alpha value is -4.79. The Morgan fingerprint density at radius 3 is 2.11 bits per heavy atom. The molecule has 0 aliphatic carbocycles. The summed E-state index contributed by atoms with van der Waals surface area (Å²) >= 11 is 0. The molecule has 36 heavy (non-hydrogen) atoms. The summed E-state index contributed by atoms with van der Waals surface area (Å²) < 4.78 is 10.5. The lowest BCUT2D eigenvalue weighted by Gasteiger charge is -2.14. The van der Waals surface area contributed by atoms with Gasteiger partial charge in [0.15, 0.2) is 12.4 Å². The van der Waals surface area contributed by atoms with E-state index in [4.69, 9.17) is 9.47 Å². The van der Waals surface area contributed by atoms with Gasteiger partial charge in [-0.3, -0.25) is 19.2 Å². The molecule has 3 aromatic carbocycles. The summed E-state index contributed by atoms with van der Waals surface area (Å²) in [5.74, 6) is -1.94. The average Bonchev–Trinajstić information content (AvgIpc) is 3.12. The molecule has 0 aromatic heterocycles. The number of esters is 1. The van der Waals surface area contributed by atoms with E-state index in [1.54, 1.807) is 36.4 Å². The SMILES string of the molecule is CCOc1ccc(C(=O)COC(=O)c2ccc3c(c2)C(=O)N(c2ccc(NC(C)=O)cc2)C3=O)cc1. The van der Waals surface area contributed by atoms with Crippen LogP contribution in [-0.4, -0.2) is 42.7 Å². The van der Waals surface area contributed by atoms with Crippen LogP contribution in [0.2, 0.25) is 0 Å². The Kier molecular flexibility index (Phi) is 6.91. The predicted octanol–water partition coefficient (Wildman–Crippen LogP) is 3.88. The maximum atomic E-state index is 13.0. The monoisotopic (exact) mass is 486 g/mol. The molecular formula is C27H22N2O7. The number of imide groups is 1.